The van der Waals surface area contributed by atoms with Crippen molar-refractivity contribution in [2.24, 2.45) is 0 Å². The SMILES string of the molecule is CCNCc1sc(S(=O)(=O)N2C[C@@H](C)O[C@@H](C)C2)cc1C. The Balaban J connectivity index is 2.23. The molecule has 120 valence electrons. The van der Waals surface area contributed by atoms with E-state index >= 15 is 0 Å². The van der Waals surface area contributed by atoms with Crippen molar-refractivity contribution in [1.82, 2.24) is 9.62 Å². The summed E-state index contributed by atoms with van der Waals surface area (Å²) in [4.78, 5) is 1.09. The average molecular weight is 332 g/mol. The Kier molecular flexibility index (Phi) is 5.43. The van der Waals surface area contributed by atoms with E-state index in [1.807, 2.05) is 27.7 Å². The number of ether oxygens (including phenoxy) is 1. The summed E-state index contributed by atoms with van der Waals surface area (Å²) >= 11 is 1.37. The molecule has 0 saturated carbocycles. The van der Waals surface area contributed by atoms with Gasteiger partial charge in [-0.3, -0.25) is 0 Å². The number of morpholine rings is 1. The van der Waals surface area contributed by atoms with Crippen LogP contribution in [0, 0.1) is 6.92 Å². The van der Waals surface area contributed by atoms with Crippen LogP contribution < -0.4 is 5.32 Å². The number of aryl methyl sites for hydroxylation is 1. The summed E-state index contributed by atoms with van der Waals surface area (Å²) in [5, 5.41) is 3.25. The number of hydrogen-bond acceptors (Lipinski definition) is 5. The van der Waals surface area contributed by atoms with E-state index < -0.39 is 10.0 Å². The van der Waals surface area contributed by atoms with E-state index in [0.717, 1.165) is 23.5 Å². The van der Waals surface area contributed by atoms with Gasteiger partial charge in [-0.05, 0) is 38.9 Å². The maximum atomic E-state index is 12.8. The van der Waals surface area contributed by atoms with Crippen LogP contribution in [0.5, 0.6) is 0 Å². The van der Waals surface area contributed by atoms with Gasteiger partial charge in [0.2, 0.25) is 0 Å². The van der Waals surface area contributed by atoms with E-state index in [1.165, 1.54) is 11.3 Å². The Labute approximate surface area is 131 Å². The van der Waals surface area contributed by atoms with Crippen LogP contribution in [-0.2, 0) is 21.3 Å². The molecule has 1 aliphatic rings. The van der Waals surface area contributed by atoms with Crippen LogP contribution in [0.4, 0.5) is 0 Å². The van der Waals surface area contributed by atoms with Gasteiger partial charge in [0.05, 0.1) is 12.2 Å². The highest BCUT2D eigenvalue weighted by molar-refractivity contribution is 7.91. The molecule has 2 heterocycles. The molecule has 7 heteroatoms. The molecule has 0 amide bonds. The van der Waals surface area contributed by atoms with Crippen molar-refractivity contribution in [2.45, 2.75) is 50.7 Å². The molecule has 2 atom stereocenters. The lowest BCUT2D eigenvalue weighted by atomic mass is 10.3. The van der Waals surface area contributed by atoms with E-state index in [1.54, 1.807) is 10.4 Å². The largest absolute Gasteiger partial charge is 0.373 e. The summed E-state index contributed by atoms with van der Waals surface area (Å²) in [6, 6.07) is 1.79. The lowest BCUT2D eigenvalue weighted by Gasteiger charge is -2.34. The zero-order chi connectivity index (χ0) is 15.6. The molecule has 1 saturated heterocycles. The van der Waals surface area contributed by atoms with Gasteiger partial charge in [0.1, 0.15) is 4.21 Å². The first-order valence-electron chi connectivity index (χ1n) is 7.30. The summed E-state index contributed by atoms with van der Waals surface area (Å²) in [6.07, 6.45) is -0.128. The number of nitrogens with zero attached hydrogens (tertiary/aromatic N) is 1. The first kappa shape index (κ1) is 16.9. The zero-order valence-corrected chi connectivity index (χ0v) is 14.7. The van der Waals surface area contributed by atoms with E-state index in [0.29, 0.717) is 17.3 Å². The molecule has 0 aliphatic carbocycles. The quantitative estimate of drug-likeness (QED) is 0.895. The predicted molar refractivity (Wildman–Crippen MR) is 85.2 cm³/mol. The lowest BCUT2D eigenvalue weighted by molar-refractivity contribution is -0.0440. The highest BCUT2D eigenvalue weighted by Crippen LogP contribution is 2.30. The second kappa shape index (κ2) is 6.75. The fraction of sp³-hybridized carbons (Fsp3) is 0.714. The van der Waals surface area contributed by atoms with Gasteiger partial charge in [0, 0.05) is 24.5 Å². The minimum Gasteiger partial charge on any atom is -0.373 e. The van der Waals surface area contributed by atoms with Crippen molar-refractivity contribution in [3.63, 3.8) is 0 Å². The van der Waals surface area contributed by atoms with Crippen LogP contribution in [0.25, 0.3) is 0 Å². The van der Waals surface area contributed by atoms with Gasteiger partial charge in [-0.2, -0.15) is 4.31 Å². The third kappa shape index (κ3) is 3.84. The van der Waals surface area contributed by atoms with E-state index in [9.17, 15) is 8.42 Å². The van der Waals surface area contributed by atoms with Crippen LogP contribution in [0.3, 0.4) is 0 Å². The van der Waals surface area contributed by atoms with Crippen molar-refractivity contribution in [3.05, 3.63) is 16.5 Å². The zero-order valence-electron chi connectivity index (χ0n) is 13.0. The monoisotopic (exact) mass is 332 g/mol. The Morgan fingerprint density at radius 3 is 2.57 bits per heavy atom. The minimum absolute atomic E-state index is 0.0641. The molecule has 1 aromatic rings. The Morgan fingerprint density at radius 2 is 2.00 bits per heavy atom. The van der Waals surface area contributed by atoms with Crippen LogP contribution in [0.15, 0.2) is 10.3 Å². The van der Waals surface area contributed by atoms with Crippen LogP contribution in [0.2, 0.25) is 0 Å². The highest BCUT2D eigenvalue weighted by Gasteiger charge is 2.33. The molecule has 5 nitrogen and oxygen atoms in total. The molecular weight excluding hydrogens is 308 g/mol. The van der Waals surface area contributed by atoms with Gasteiger partial charge in [0.25, 0.3) is 10.0 Å². The van der Waals surface area contributed by atoms with Gasteiger partial charge in [0.15, 0.2) is 0 Å². The van der Waals surface area contributed by atoms with E-state index in [4.69, 9.17) is 4.74 Å². The molecule has 1 aromatic heterocycles. The Hall–Kier alpha value is -0.470. The van der Waals surface area contributed by atoms with Crippen molar-refractivity contribution < 1.29 is 13.2 Å². The summed E-state index contributed by atoms with van der Waals surface area (Å²) in [7, 11) is -3.41. The van der Waals surface area contributed by atoms with Crippen molar-refractivity contribution >= 4 is 21.4 Å². The summed E-state index contributed by atoms with van der Waals surface area (Å²) in [5.74, 6) is 0. The van der Waals surface area contributed by atoms with Gasteiger partial charge >= 0.3 is 0 Å². The second-order valence-electron chi connectivity index (χ2n) is 5.53. The fourth-order valence-corrected chi connectivity index (χ4v) is 5.79. The molecule has 0 bridgehead atoms. The Bertz CT molecular complexity index is 573. The third-order valence-electron chi connectivity index (χ3n) is 3.51. The fourth-order valence-electron chi connectivity index (χ4n) is 2.48. The Morgan fingerprint density at radius 1 is 1.38 bits per heavy atom. The topological polar surface area (TPSA) is 58.6 Å². The number of thiophene rings is 1. The van der Waals surface area contributed by atoms with Crippen LogP contribution >= 0.6 is 11.3 Å². The standard InChI is InChI=1S/C14H24N2O3S2/c1-5-15-7-13-10(2)6-14(20-13)21(17,18)16-8-11(3)19-12(4)9-16/h6,11-12,15H,5,7-9H2,1-4H3/t11-,12+. The number of rotatable bonds is 5. The van der Waals surface area contributed by atoms with Crippen molar-refractivity contribution in [1.29, 1.82) is 0 Å². The first-order chi connectivity index (χ1) is 9.84. The highest BCUT2D eigenvalue weighted by atomic mass is 32.2. The maximum Gasteiger partial charge on any atom is 0.252 e. The molecule has 0 aromatic carbocycles. The van der Waals surface area contributed by atoms with Crippen molar-refractivity contribution in [2.75, 3.05) is 19.6 Å². The minimum atomic E-state index is -3.41. The molecule has 21 heavy (non-hydrogen) atoms. The van der Waals surface area contributed by atoms with E-state index in [2.05, 4.69) is 5.32 Å². The first-order valence-corrected chi connectivity index (χ1v) is 9.56. The smallest absolute Gasteiger partial charge is 0.252 e. The number of hydrogen-bond donors (Lipinski definition) is 1. The lowest BCUT2D eigenvalue weighted by Crippen LogP contribution is -2.47. The molecule has 0 radical (unpaired) electrons. The molecule has 2 rings (SSSR count). The normalized spacial score (nSPS) is 24.4. The average Bonchev–Trinajstić information content (AvgIpc) is 2.77. The van der Waals surface area contributed by atoms with Gasteiger partial charge in [-0.15, -0.1) is 11.3 Å². The molecule has 0 spiro atoms. The molecule has 1 fully saturated rings. The van der Waals surface area contributed by atoms with Crippen LogP contribution in [0.1, 0.15) is 31.2 Å². The van der Waals surface area contributed by atoms with Gasteiger partial charge in [-0.1, -0.05) is 6.92 Å². The second-order valence-corrected chi connectivity index (χ2v) is 8.83. The van der Waals surface area contributed by atoms with Crippen molar-refractivity contribution in [3.8, 4) is 0 Å². The molecule has 0 unspecified atom stereocenters. The predicted octanol–water partition coefficient (Wildman–Crippen LogP) is 1.96. The third-order valence-corrected chi connectivity index (χ3v) is 7.03. The van der Waals surface area contributed by atoms with Crippen LogP contribution in [-0.4, -0.2) is 44.6 Å². The number of nitrogens with one attached hydrogen (secondary N) is 1. The summed E-state index contributed by atoms with van der Waals surface area (Å²) < 4.78 is 33.2. The molecular formula is C14H24N2O3S2. The van der Waals surface area contributed by atoms with Gasteiger partial charge in [-0.25, -0.2) is 8.42 Å². The summed E-state index contributed by atoms with van der Waals surface area (Å²) in [5.41, 5.74) is 1.04. The number of sulfonamides is 1. The van der Waals surface area contributed by atoms with Gasteiger partial charge < -0.3 is 10.1 Å². The maximum absolute atomic E-state index is 12.8. The van der Waals surface area contributed by atoms with E-state index in [-0.39, 0.29) is 12.2 Å². The summed E-state index contributed by atoms with van der Waals surface area (Å²) in [6.45, 7) is 10.3. The molecule has 1 N–H and O–H groups in total. The molecule has 1 aliphatic heterocycles.